The van der Waals surface area contributed by atoms with Crippen molar-refractivity contribution in [3.8, 4) is 5.88 Å². The normalized spacial score (nSPS) is 17.0. The summed E-state index contributed by atoms with van der Waals surface area (Å²) in [5.74, 6) is 0.792. The number of thiazole rings is 1. The van der Waals surface area contributed by atoms with Crippen molar-refractivity contribution in [2.24, 2.45) is 0 Å². The predicted octanol–water partition coefficient (Wildman–Crippen LogP) is 2.69. The molecule has 1 N–H and O–H groups in total. The summed E-state index contributed by atoms with van der Waals surface area (Å²) in [6, 6.07) is 6.40. The summed E-state index contributed by atoms with van der Waals surface area (Å²) >= 11 is 1.42. The van der Waals surface area contributed by atoms with Gasteiger partial charge in [0.1, 0.15) is 0 Å². The van der Waals surface area contributed by atoms with Crippen LogP contribution in [0, 0.1) is 10.1 Å². The zero-order chi connectivity index (χ0) is 20.5. The van der Waals surface area contributed by atoms with Gasteiger partial charge in [0, 0.05) is 44.7 Å². The molecule has 3 aromatic rings. The molecule has 0 unspecified atom stereocenters. The number of nitro groups is 1. The van der Waals surface area contributed by atoms with Gasteiger partial charge in [-0.15, -0.1) is 5.10 Å². The summed E-state index contributed by atoms with van der Waals surface area (Å²) in [7, 11) is 0. The van der Waals surface area contributed by atoms with Crippen molar-refractivity contribution in [2.45, 2.75) is 26.3 Å². The third-order valence-electron chi connectivity index (χ3n) is 5.45. The van der Waals surface area contributed by atoms with E-state index in [1.165, 1.54) is 28.0 Å². The summed E-state index contributed by atoms with van der Waals surface area (Å²) in [6.45, 7) is 8.73. The van der Waals surface area contributed by atoms with Gasteiger partial charge in [0.25, 0.3) is 5.69 Å². The SMILES string of the molecule is CCc1nc2sc([C@H](c3ccc([N+](=O)[O-])cc3)N3CCN(CC)CC3)c(O)n2n1. The topological polar surface area (TPSA) is 100 Å². The Morgan fingerprint density at radius 2 is 1.90 bits per heavy atom. The molecule has 4 rings (SSSR count). The van der Waals surface area contributed by atoms with Gasteiger partial charge >= 0.3 is 0 Å². The zero-order valence-electron chi connectivity index (χ0n) is 16.5. The Hall–Kier alpha value is -2.56. The van der Waals surface area contributed by atoms with Gasteiger partial charge in [-0.1, -0.05) is 37.3 Å². The molecule has 1 aliphatic heterocycles. The Morgan fingerprint density at radius 1 is 1.21 bits per heavy atom. The van der Waals surface area contributed by atoms with Crippen LogP contribution >= 0.6 is 11.3 Å². The number of benzene rings is 1. The lowest BCUT2D eigenvalue weighted by Crippen LogP contribution is -2.47. The minimum Gasteiger partial charge on any atom is -0.492 e. The Labute approximate surface area is 172 Å². The number of non-ortho nitro benzene ring substituents is 1. The fraction of sp³-hybridized carbons (Fsp3) is 0.474. The second kappa shape index (κ2) is 8.05. The van der Waals surface area contributed by atoms with Crippen LogP contribution in [-0.4, -0.2) is 67.2 Å². The van der Waals surface area contributed by atoms with Gasteiger partial charge in [-0.3, -0.25) is 15.0 Å². The molecule has 0 spiro atoms. The van der Waals surface area contributed by atoms with Gasteiger partial charge in [-0.2, -0.15) is 4.52 Å². The molecular weight excluding hydrogens is 392 g/mol. The van der Waals surface area contributed by atoms with E-state index < -0.39 is 4.92 Å². The monoisotopic (exact) mass is 416 g/mol. The number of piperazine rings is 1. The van der Waals surface area contributed by atoms with Gasteiger partial charge in [0.05, 0.1) is 15.8 Å². The van der Waals surface area contributed by atoms with E-state index >= 15 is 0 Å². The second-order valence-electron chi connectivity index (χ2n) is 7.09. The molecule has 0 bridgehead atoms. The molecule has 0 saturated carbocycles. The summed E-state index contributed by atoms with van der Waals surface area (Å²) in [5.41, 5.74) is 0.971. The van der Waals surface area contributed by atoms with E-state index in [4.69, 9.17) is 0 Å². The first kappa shape index (κ1) is 19.7. The summed E-state index contributed by atoms with van der Waals surface area (Å²) in [5, 5.41) is 26.4. The molecule has 10 heteroatoms. The highest BCUT2D eigenvalue weighted by atomic mass is 32.1. The number of hydrogen-bond donors (Lipinski definition) is 1. The highest BCUT2D eigenvalue weighted by molar-refractivity contribution is 7.17. The minimum absolute atomic E-state index is 0.0581. The van der Waals surface area contributed by atoms with Crippen LogP contribution in [0.2, 0.25) is 0 Å². The standard InChI is InChI=1S/C19H24N6O3S/c1-3-15-20-19-24(21-15)18(26)17(29-19)16(23-11-9-22(4-2)10-12-23)13-5-7-14(8-6-13)25(27)28/h5-8,16,26H,3-4,9-12H2,1-2H3/t16-/m0/s1. The molecule has 9 nitrogen and oxygen atoms in total. The molecular formula is C19H24N6O3S. The first-order chi connectivity index (χ1) is 14.0. The van der Waals surface area contributed by atoms with E-state index in [-0.39, 0.29) is 17.6 Å². The Balaban J connectivity index is 1.74. The van der Waals surface area contributed by atoms with Crippen molar-refractivity contribution >= 4 is 22.0 Å². The Kier molecular flexibility index (Phi) is 5.48. The average molecular weight is 417 g/mol. The first-order valence-electron chi connectivity index (χ1n) is 9.79. The van der Waals surface area contributed by atoms with Crippen molar-refractivity contribution in [3.63, 3.8) is 0 Å². The molecule has 3 heterocycles. The second-order valence-corrected chi connectivity index (χ2v) is 8.10. The molecule has 1 fully saturated rings. The van der Waals surface area contributed by atoms with Crippen LogP contribution in [0.15, 0.2) is 24.3 Å². The smallest absolute Gasteiger partial charge is 0.269 e. The number of nitro benzene ring substituents is 1. The van der Waals surface area contributed by atoms with Crippen molar-refractivity contribution in [2.75, 3.05) is 32.7 Å². The van der Waals surface area contributed by atoms with Gasteiger partial charge in [-0.05, 0) is 12.1 Å². The van der Waals surface area contributed by atoms with E-state index in [1.807, 2.05) is 6.92 Å². The largest absolute Gasteiger partial charge is 0.492 e. The summed E-state index contributed by atoms with van der Waals surface area (Å²) in [6.07, 6.45) is 0.702. The highest BCUT2D eigenvalue weighted by Gasteiger charge is 2.31. The molecule has 2 aromatic heterocycles. The summed E-state index contributed by atoms with van der Waals surface area (Å²) in [4.78, 5) is 21.3. The van der Waals surface area contributed by atoms with Crippen LogP contribution in [0.25, 0.3) is 4.96 Å². The molecule has 0 amide bonds. The lowest BCUT2D eigenvalue weighted by Gasteiger charge is -2.38. The van der Waals surface area contributed by atoms with E-state index in [1.54, 1.807) is 12.1 Å². The number of aromatic hydroxyl groups is 1. The number of hydrogen-bond acceptors (Lipinski definition) is 8. The van der Waals surface area contributed by atoms with Crippen molar-refractivity contribution in [3.05, 3.63) is 50.6 Å². The van der Waals surface area contributed by atoms with Crippen molar-refractivity contribution < 1.29 is 10.0 Å². The summed E-state index contributed by atoms with van der Waals surface area (Å²) < 4.78 is 1.50. The number of aromatic nitrogens is 3. The molecule has 154 valence electrons. The zero-order valence-corrected chi connectivity index (χ0v) is 17.3. The number of fused-ring (bicyclic) bond motifs is 1. The fourth-order valence-corrected chi connectivity index (χ4v) is 4.90. The van der Waals surface area contributed by atoms with Crippen LogP contribution in [0.4, 0.5) is 5.69 Å². The average Bonchev–Trinajstić information content (AvgIpc) is 3.28. The van der Waals surface area contributed by atoms with E-state index in [0.29, 0.717) is 17.2 Å². The molecule has 29 heavy (non-hydrogen) atoms. The third kappa shape index (κ3) is 3.70. The third-order valence-corrected chi connectivity index (χ3v) is 6.52. The molecule has 1 saturated heterocycles. The van der Waals surface area contributed by atoms with Crippen LogP contribution in [-0.2, 0) is 6.42 Å². The Bertz CT molecular complexity index is 1010. The number of nitrogens with zero attached hydrogens (tertiary/aromatic N) is 6. The van der Waals surface area contributed by atoms with Crippen molar-refractivity contribution in [1.29, 1.82) is 0 Å². The van der Waals surface area contributed by atoms with Gasteiger partial charge < -0.3 is 10.0 Å². The van der Waals surface area contributed by atoms with E-state index in [9.17, 15) is 15.2 Å². The fourth-order valence-electron chi connectivity index (χ4n) is 3.76. The lowest BCUT2D eigenvalue weighted by molar-refractivity contribution is -0.384. The molecule has 0 radical (unpaired) electrons. The lowest BCUT2D eigenvalue weighted by atomic mass is 10.0. The van der Waals surface area contributed by atoms with Crippen LogP contribution in [0.5, 0.6) is 5.88 Å². The van der Waals surface area contributed by atoms with Gasteiger partial charge in [0.15, 0.2) is 5.82 Å². The highest BCUT2D eigenvalue weighted by Crippen LogP contribution is 2.40. The maximum Gasteiger partial charge on any atom is 0.269 e. The Morgan fingerprint density at radius 3 is 2.45 bits per heavy atom. The quantitative estimate of drug-likeness (QED) is 0.487. The molecule has 1 aliphatic rings. The van der Waals surface area contributed by atoms with Gasteiger partial charge in [0.2, 0.25) is 10.8 Å². The maximum absolute atomic E-state index is 11.1. The van der Waals surface area contributed by atoms with E-state index in [2.05, 4.69) is 26.8 Å². The van der Waals surface area contributed by atoms with Gasteiger partial charge in [-0.25, -0.2) is 4.98 Å². The van der Waals surface area contributed by atoms with Crippen LogP contribution < -0.4 is 0 Å². The van der Waals surface area contributed by atoms with E-state index in [0.717, 1.165) is 43.2 Å². The number of rotatable bonds is 6. The predicted molar refractivity (Wildman–Crippen MR) is 111 cm³/mol. The molecule has 1 aromatic carbocycles. The van der Waals surface area contributed by atoms with Crippen LogP contribution in [0.1, 0.15) is 36.2 Å². The molecule has 1 atom stereocenters. The molecule has 0 aliphatic carbocycles. The number of likely N-dealkylation sites (N-methyl/N-ethyl adjacent to an activating group) is 1. The van der Waals surface area contributed by atoms with Crippen LogP contribution in [0.3, 0.4) is 0 Å². The maximum atomic E-state index is 11.1. The number of aryl methyl sites for hydroxylation is 1. The van der Waals surface area contributed by atoms with Crippen molar-refractivity contribution in [1.82, 2.24) is 24.4 Å². The first-order valence-corrected chi connectivity index (χ1v) is 10.6. The minimum atomic E-state index is -0.397.